The van der Waals surface area contributed by atoms with Crippen LogP contribution in [0.4, 0.5) is 0 Å². The maximum atomic E-state index is 6.47. The van der Waals surface area contributed by atoms with Gasteiger partial charge in [0, 0.05) is 0 Å². The van der Waals surface area contributed by atoms with Crippen LogP contribution in [-0.4, -0.2) is 10.5 Å². The Morgan fingerprint density at radius 2 is 1.43 bits per heavy atom. The molecule has 2 nitrogen and oxygen atoms in total. The van der Waals surface area contributed by atoms with Crippen LogP contribution in [-0.2, 0) is 0 Å². The lowest BCUT2D eigenvalue weighted by Gasteiger charge is -2.59. The molecule has 0 heterocycles. The summed E-state index contributed by atoms with van der Waals surface area (Å²) in [6.07, 6.45) is 6.56. The van der Waals surface area contributed by atoms with Gasteiger partial charge in [-0.1, -0.05) is 12.2 Å². The first kappa shape index (κ1) is 9.10. The summed E-state index contributed by atoms with van der Waals surface area (Å²) in [5.41, 5.74) is 12.0. The molecule has 4 fully saturated rings. The van der Waals surface area contributed by atoms with E-state index in [1.165, 1.54) is 32.1 Å². The van der Waals surface area contributed by atoms with Gasteiger partial charge >= 0.3 is 0 Å². The Hall–Kier alpha value is -0.150. The van der Waals surface area contributed by atoms with Crippen molar-refractivity contribution in [3.8, 4) is 0 Å². The summed E-state index contributed by atoms with van der Waals surface area (Å²) >= 11 is 5.19. The fourth-order valence-electron chi connectivity index (χ4n) is 4.37. The molecular formula is C11H18N2S. The van der Waals surface area contributed by atoms with Crippen LogP contribution in [0.2, 0.25) is 0 Å². The third kappa shape index (κ3) is 0.974. The van der Waals surface area contributed by atoms with E-state index < -0.39 is 0 Å². The minimum atomic E-state index is -0.289. The van der Waals surface area contributed by atoms with Gasteiger partial charge in [-0.25, -0.2) is 0 Å². The van der Waals surface area contributed by atoms with Crippen LogP contribution in [0.3, 0.4) is 0 Å². The monoisotopic (exact) mass is 210 g/mol. The number of rotatable bonds is 1. The minimum Gasteiger partial charge on any atom is -0.392 e. The summed E-state index contributed by atoms with van der Waals surface area (Å²) in [5.74, 6) is 3.06. The molecule has 0 unspecified atom stereocenters. The van der Waals surface area contributed by atoms with E-state index in [-0.39, 0.29) is 5.54 Å². The average Bonchev–Trinajstić information content (AvgIpc) is 2.12. The van der Waals surface area contributed by atoms with Gasteiger partial charge in [-0.2, -0.15) is 0 Å². The molecule has 4 rings (SSSR count). The van der Waals surface area contributed by atoms with Crippen molar-refractivity contribution in [3.63, 3.8) is 0 Å². The third-order valence-corrected chi connectivity index (χ3v) is 5.27. The van der Waals surface area contributed by atoms with Crippen molar-refractivity contribution in [2.24, 2.45) is 35.1 Å². The van der Waals surface area contributed by atoms with Crippen molar-refractivity contribution in [1.82, 2.24) is 0 Å². The summed E-state index contributed by atoms with van der Waals surface area (Å²) < 4.78 is 0. The largest absolute Gasteiger partial charge is 0.392 e. The lowest BCUT2D eigenvalue weighted by Crippen LogP contribution is -2.68. The van der Waals surface area contributed by atoms with Crippen molar-refractivity contribution in [2.45, 2.75) is 37.6 Å². The van der Waals surface area contributed by atoms with E-state index in [0.29, 0.717) is 16.8 Å². The van der Waals surface area contributed by atoms with Crippen LogP contribution >= 0.6 is 12.2 Å². The maximum Gasteiger partial charge on any atom is 0.0935 e. The Bertz CT molecular complexity index is 259. The van der Waals surface area contributed by atoms with Gasteiger partial charge in [0.15, 0.2) is 0 Å². The first-order valence-corrected chi connectivity index (χ1v) is 6.10. The number of nitrogens with two attached hydrogens (primary N) is 2. The Morgan fingerprint density at radius 3 is 1.79 bits per heavy atom. The molecule has 0 aromatic carbocycles. The summed E-state index contributed by atoms with van der Waals surface area (Å²) in [6, 6.07) is 0. The van der Waals surface area contributed by atoms with E-state index in [4.69, 9.17) is 23.7 Å². The molecule has 4 N–H and O–H groups in total. The van der Waals surface area contributed by atoms with Crippen LogP contribution < -0.4 is 11.5 Å². The Balaban J connectivity index is 1.98. The van der Waals surface area contributed by atoms with E-state index in [1.807, 2.05) is 0 Å². The van der Waals surface area contributed by atoms with Gasteiger partial charge in [-0.15, -0.1) is 0 Å². The van der Waals surface area contributed by atoms with Gasteiger partial charge in [0.1, 0.15) is 0 Å². The standard InChI is InChI=1S/C11H18N2S/c12-10(14)11(13)8-2-6-1-7(4-8)5-9(11)3-6/h6-9H,1-5,13H2,(H2,12,14). The second kappa shape index (κ2) is 2.70. The predicted molar refractivity (Wildman–Crippen MR) is 60.7 cm³/mol. The topological polar surface area (TPSA) is 52.0 Å². The molecule has 4 aliphatic carbocycles. The molecule has 4 bridgehead atoms. The van der Waals surface area contributed by atoms with Crippen molar-refractivity contribution in [1.29, 1.82) is 0 Å². The van der Waals surface area contributed by atoms with Crippen LogP contribution in [0.5, 0.6) is 0 Å². The molecule has 0 radical (unpaired) electrons. The Kier molecular flexibility index (Phi) is 1.76. The van der Waals surface area contributed by atoms with Gasteiger partial charge in [-0.3, -0.25) is 0 Å². The third-order valence-electron chi connectivity index (χ3n) is 4.92. The fraction of sp³-hybridized carbons (Fsp3) is 0.909. The number of thiocarbonyl (C=S) groups is 1. The second-order valence-electron chi connectivity index (χ2n) is 5.60. The molecule has 78 valence electrons. The quantitative estimate of drug-likeness (QED) is 0.644. The van der Waals surface area contributed by atoms with Gasteiger partial charge in [0.2, 0.25) is 0 Å². The zero-order chi connectivity index (χ0) is 9.92. The van der Waals surface area contributed by atoms with Crippen LogP contribution in [0.25, 0.3) is 0 Å². The highest BCUT2D eigenvalue weighted by molar-refractivity contribution is 7.80. The van der Waals surface area contributed by atoms with Gasteiger partial charge < -0.3 is 11.5 Å². The molecular weight excluding hydrogens is 192 g/mol. The zero-order valence-electron chi connectivity index (χ0n) is 8.41. The second-order valence-corrected chi connectivity index (χ2v) is 6.04. The number of hydrogen-bond acceptors (Lipinski definition) is 2. The fourth-order valence-corrected chi connectivity index (χ4v) is 4.70. The first-order chi connectivity index (χ1) is 6.60. The highest BCUT2D eigenvalue weighted by Gasteiger charge is 2.56. The number of hydrogen-bond donors (Lipinski definition) is 2. The van der Waals surface area contributed by atoms with Crippen LogP contribution in [0, 0.1) is 23.7 Å². The molecule has 0 amide bonds. The molecule has 0 aromatic rings. The molecule has 0 aliphatic heterocycles. The van der Waals surface area contributed by atoms with Crippen LogP contribution in [0.1, 0.15) is 32.1 Å². The highest BCUT2D eigenvalue weighted by Crippen LogP contribution is 2.57. The molecule has 4 saturated carbocycles. The van der Waals surface area contributed by atoms with Crippen LogP contribution in [0.15, 0.2) is 0 Å². The summed E-state index contributed by atoms with van der Waals surface area (Å²) in [7, 11) is 0. The van der Waals surface area contributed by atoms with Gasteiger partial charge in [-0.05, 0) is 55.8 Å². The lowest BCUT2D eigenvalue weighted by atomic mass is 9.49. The van der Waals surface area contributed by atoms with E-state index in [9.17, 15) is 0 Å². The average molecular weight is 210 g/mol. The molecule has 14 heavy (non-hydrogen) atoms. The van der Waals surface area contributed by atoms with Crippen molar-refractivity contribution < 1.29 is 0 Å². The van der Waals surface area contributed by atoms with Crippen molar-refractivity contribution in [2.75, 3.05) is 0 Å². The normalized spacial score (nSPS) is 54.9. The molecule has 0 saturated heterocycles. The van der Waals surface area contributed by atoms with Crippen molar-refractivity contribution in [3.05, 3.63) is 0 Å². The van der Waals surface area contributed by atoms with E-state index >= 15 is 0 Å². The summed E-state index contributed by atoms with van der Waals surface area (Å²) in [5, 5.41) is 0. The minimum absolute atomic E-state index is 0.289. The molecule has 3 heteroatoms. The maximum absolute atomic E-state index is 6.47. The molecule has 0 spiro atoms. The lowest BCUT2D eigenvalue weighted by molar-refractivity contribution is -0.0238. The Morgan fingerprint density at radius 1 is 1.00 bits per heavy atom. The van der Waals surface area contributed by atoms with Gasteiger partial charge in [0.25, 0.3) is 0 Å². The summed E-state index contributed by atoms with van der Waals surface area (Å²) in [6.45, 7) is 0. The molecule has 0 aromatic heterocycles. The first-order valence-electron chi connectivity index (χ1n) is 5.69. The highest BCUT2D eigenvalue weighted by atomic mass is 32.1. The van der Waals surface area contributed by atoms with E-state index in [2.05, 4.69) is 0 Å². The van der Waals surface area contributed by atoms with Crippen molar-refractivity contribution >= 4 is 17.2 Å². The van der Waals surface area contributed by atoms with E-state index in [0.717, 1.165) is 11.8 Å². The SMILES string of the molecule is NC(=S)C1(N)C2CC3CC(C2)CC1C3. The smallest absolute Gasteiger partial charge is 0.0935 e. The van der Waals surface area contributed by atoms with E-state index in [1.54, 1.807) is 0 Å². The molecule has 0 atom stereocenters. The summed E-state index contributed by atoms with van der Waals surface area (Å²) in [4.78, 5) is 0.575. The Labute approximate surface area is 90.4 Å². The molecule has 4 aliphatic rings. The predicted octanol–water partition coefficient (Wildman–Crippen LogP) is 1.43. The zero-order valence-corrected chi connectivity index (χ0v) is 9.22. The van der Waals surface area contributed by atoms with Gasteiger partial charge in [0.05, 0.1) is 10.5 Å².